The molecule has 2 aromatic carbocycles. The van der Waals surface area contributed by atoms with Crippen LogP contribution in [0.3, 0.4) is 0 Å². The van der Waals surface area contributed by atoms with Crippen LogP contribution < -0.4 is 9.47 Å². The minimum absolute atomic E-state index is 0.257. The second-order valence-corrected chi connectivity index (χ2v) is 5.77. The van der Waals surface area contributed by atoms with E-state index in [0.29, 0.717) is 11.7 Å². The third-order valence-corrected chi connectivity index (χ3v) is 4.55. The normalized spacial score (nSPS) is 18.3. The third-order valence-electron chi connectivity index (χ3n) is 4.55. The van der Waals surface area contributed by atoms with Gasteiger partial charge in [-0.15, -0.1) is 0 Å². The summed E-state index contributed by atoms with van der Waals surface area (Å²) in [6.07, 6.45) is 3.13. The highest BCUT2D eigenvalue weighted by Crippen LogP contribution is 2.41. The molecule has 1 unspecified atom stereocenters. The maximum absolute atomic E-state index is 10.8. The van der Waals surface area contributed by atoms with Gasteiger partial charge in [0.2, 0.25) is 6.79 Å². The third kappa shape index (κ3) is 2.18. The van der Waals surface area contributed by atoms with Crippen molar-refractivity contribution in [1.29, 1.82) is 0 Å². The van der Waals surface area contributed by atoms with E-state index in [0.717, 1.165) is 16.9 Å². The zero-order valence-electron chi connectivity index (χ0n) is 11.8. The summed E-state index contributed by atoms with van der Waals surface area (Å²) in [5, 5.41) is 10.8. The molecule has 108 valence electrons. The number of aliphatic hydroxyl groups is 1. The minimum atomic E-state index is -0.615. The van der Waals surface area contributed by atoms with Gasteiger partial charge in [-0.2, -0.15) is 0 Å². The van der Waals surface area contributed by atoms with E-state index < -0.39 is 6.10 Å². The number of aliphatic hydroxyl groups excluding tert-OH is 1. The van der Waals surface area contributed by atoms with Gasteiger partial charge in [0.25, 0.3) is 0 Å². The molecule has 1 fully saturated rings. The molecule has 3 heteroatoms. The zero-order chi connectivity index (χ0) is 14.2. The molecule has 1 atom stereocenters. The van der Waals surface area contributed by atoms with Crippen molar-refractivity contribution < 1.29 is 14.6 Å². The molecule has 1 aliphatic carbocycles. The fourth-order valence-corrected chi connectivity index (χ4v) is 3.11. The van der Waals surface area contributed by atoms with Crippen molar-refractivity contribution >= 4 is 0 Å². The van der Waals surface area contributed by atoms with Crippen molar-refractivity contribution in [2.75, 3.05) is 6.79 Å². The quantitative estimate of drug-likeness (QED) is 0.931. The Kier molecular flexibility index (Phi) is 3.08. The summed E-state index contributed by atoms with van der Waals surface area (Å²) in [6, 6.07) is 13.9. The maximum atomic E-state index is 10.8. The molecule has 0 spiro atoms. The summed E-state index contributed by atoms with van der Waals surface area (Å²) in [5.41, 5.74) is 3.15. The SMILES string of the molecule is OC(c1ccc2c(c1)OCO2)c1ccccc1C1CCC1. The van der Waals surface area contributed by atoms with Gasteiger partial charge in [-0.1, -0.05) is 36.8 Å². The van der Waals surface area contributed by atoms with Gasteiger partial charge in [0.1, 0.15) is 6.10 Å². The Bertz CT molecular complexity index is 661. The van der Waals surface area contributed by atoms with E-state index in [4.69, 9.17) is 9.47 Å². The predicted molar refractivity (Wildman–Crippen MR) is 79.7 cm³/mol. The van der Waals surface area contributed by atoms with E-state index in [9.17, 15) is 5.11 Å². The Labute approximate surface area is 124 Å². The van der Waals surface area contributed by atoms with Crippen molar-refractivity contribution in [3.63, 3.8) is 0 Å². The lowest BCUT2D eigenvalue weighted by Crippen LogP contribution is -2.13. The van der Waals surface area contributed by atoms with E-state index >= 15 is 0 Å². The first-order valence-electron chi connectivity index (χ1n) is 7.49. The summed E-state index contributed by atoms with van der Waals surface area (Å²) in [7, 11) is 0. The molecule has 0 saturated heterocycles. The maximum Gasteiger partial charge on any atom is 0.231 e. The highest BCUT2D eigenvalue weighted by molar-refractivity contribution is 5.47. The van der Waals surface area contributed by atoms with Crippen molar-refractivity contribution in [2.24, 2.45) is 0 Å². The van der Waals surface area contributed by atoms with Gasteiger partial charge in [-0.25, -0.2) is 0 Å². The summed E-state index contributed by atoms with van der Waals surface area (Å²) < 4.78 is 10.7. The molecule has 2 aliphatic rings. The highest BCUT2D eigenvalue weighted by Gasteiger charge is 2.25. The largest absolute Gasteiger partial charge is 0.454 e. The van der Waals surface area contributed by atoms with Gasteiger partial charge < -0.3 is 14.6 Å². The van der Waals surface area contributed by atoms with Gasteiger partial charge >= 0.3 is 0 Å². The Morgan fingerprint density at radius 3 is 2.62 bits per heavy atom. The van der Waals surface area contributed by atoms with Crippen molar-refractivity contribution in [1.82, 2.24) is 0 Å². The van der Waals surface area contributed by atoms with Gasteiger partial charge in [0, 0.05) is 0 Å². The molecular formula is C18H18O3. The van der Waals surface area contributed by atoms with E-state index in [-0.39, 0.29) is 6.79 Å². The number of hydrogen-bond donors (Lipinski definition) is 1. The average Bonchev–Trinajstić information content (AvgIpc) is 2.92. The number of ether oxygens (including phenoxy) is 2. The highest BCUT2D eigenvalue weighted by atomic mass is 16.7. The molecule has 1 N–H and O–H groups in total. The summed E-state index contributed by atoms with van der Waals surface area (Å²) in [6.45, 7) is 0.257. The Morgan fingerprint density at radius 1 is 1.00 bits per heavy atom. The molecule has 0 amide bonds. The fourth-order valence-electron chi connectivity index (χ4n) is 3.11. The topological polar surface area (TPSA) is 38.7 Å². The molecule has 21 heavy (non-hydrogen) atoms. The smallest absolute Gasteiger partial charge is 0.231 e. The van der Waals surface area contributed by atoms with Crippen LogP contribution in [-0.2, 0) is 0 Å². The standard InChI is InChI=1S/C18H18O3/c19-18(13-8-9-16-17(10-13)21-11-20-16)15-7-2-1-6-14(15)12-4-3-5-12/h1-2,6-10,12,18-19H,3-5,11H2. The summed E-state index contributed by atoms with van der Waals surface area (Å²) >= 11 is 0. The van der Waals surface area contributed by atoms with E-state index in [2.05, 4.69) is 12.1 Å². The fraction of sp³-hybridized carbons (Fsp3) is 0.333. The van der Waals surface area contributed by atoms with Crippen LogP contribution in [0.15, 0.2) is 42.5 Å². The molecule has 2 aromatic rings. The second kappa shape index (κ2) is 5.08. The van der Waals surface area contributed by atoms with Crippen LogP contribution in [0.4, 0.5) is 0 Å². The summed E-state index contributed by atoms with van der Waals surface area (Å²) in [5.74, 6) is 2.07. The monoisotopic (exact) mass is 282 g/mol. The van der Waals surface area contributed by atoms with Crippen molar-refractivity contribution in [3.05, 3.63) is 59.2 Å². The molecule has 1 aliphatic heterocycles. The molecular weight excluding hydrogens is 264 g/mol. The van der Waals surface area contributed by atoms with Crippen molar-refractivity contribution in [2.45, 2.75) is 31.3 Å². The number of hydrogen-bond acceptors (Lipinski definition) is 3. The van der Waals surface area contributed by atoms with Crippen LogP contribution >= 0.6 is 0 Å². The van der Waals surface area contributed by atoms with Crippen molar-refractivity contribution in [3.8, 4) is 11.5 Å². The Balaban J connectivity index is 1.69. The predicted octanol–water partition coefficient (Wildman–Crippen LogP) is 3.76. The number of benzene rings is 2. The van der Waals surface area contributed by atoms with E-state index in [1.54, 1.807) is 0 Å². The van der Waals surface area contributed by atoms with Gasteiger partial charge in [-0.05, 0) is 47.6 Å². The molecule has 0 bridgehead atoms. The molecule has 4 rings (SSSR count). The van der Waals surface area contributed by atoms with Gasteiger partial charge in [0.15, 0.2) is 11.5 Å². The molecule has 3 nitrogen and oxygen atoms in total. The van der Waals surface area contributed by atoms with Crippen LogP contribution in [-0.4, -0.2) is 11.9 Å². The summed E-state index contributed by atoms with van der Waals surface area (Å²) in [4.78, 5) is 0. The van der Waals surface area contributed by atoms with Gasteiger partial charge in [-0.3, -0.25) is 0 Å². The number of rotatable bonds is 3. The van der Waals surface area contributed by atoms with Crippen LogP contribution in [0.1, 0.15) is 48.0 Å². The second-order valence-electron chi connectivity index (χ2n) is 5.77. The molecule has 1 heterocycles. The lowest BCUT2D eigenvalue weighted by Gasteiger charge is -2.29. The Morgan fingerprint density at radius 2 is 1.81 bits per heavy atom. The molecule has 0 radical (unpaired) electrons. The lowest BCUT2D eigenvalue weighted by atomic mass is 9.77. The lowest BCUT2D eigenvalue weighted by molar-refractivity contribution is 0.173. The van der Waals surface area contributed by atoms with E-state index in [1.165, 1.54) is 24.8 Å². The van der Waals surface area contributed by atoms with Crippen LogP contribution in [0.5, 0.6) is 11.5 Å². The van der Waals surface area contributed by atoms with Crippen LogP contribution in [0.2, 0.25) is 0 Å². The zero-order valence-corrected chi connectivity index (χ0v) is 11.8. The minimum Gasteiger partial charge on any atom is -0.454 e. The molecule has 1 saturated carbocycles. The first-order valence-corrected chi connectivity index (χ1v) is 7.49. The van der Waals surface area contributed by atoms with Crippen LogP contribution in [0.25, 0.3) is 0 Å². The van der Waals surface area contributed by atoms with Gasteiger partial charge in [0.05, 0.1) is 0 Å². The molecule has 0 aromatic heterocycles. The Hall–Kier alpha value is -2.00. The van der Waals surface area contributed by atoms with Crippen LogP contribution in [0, 0.1) is 0 Å². The number of fused-ring (bicyclic) bond motifs is 1. The first-order chi connectivity index (χ1) is 10.3. The van der Waals surface area contributed by atoms with E-state index in [1.807, 2.05) is 30.3 Å². The first kappa shape index (κ1) is 12.7. The average molecular weight is 282 g/mol.